The summed E-state index contributed by atoms with van der Waals surface area (Å²) >= 11 is 0. The number of anilines is 1. The zero-order valence-corrected chi connectivity index (χ0v) is 28.0. The smallest absolute Gasteiger partial charge is 0.271 e. The van der Waals surface area contributed by atoms with Crippen molar-refractivity contribution in [1.82, 2.24) is 19.8 Å². The molecule has 3 aromatic carbocycles. The van der Waals surface area contributed by atoms with Crippen LogP contribution in [0.2, 0.25) is 0 Å². The van der Waals surface area contributed by atoms with Crippen molar-refractivity contribution in [3.05, 3.63) is 82.1 Å². The van der Waals surface area contributed by atoms with Crippen molar-refractivity contribution >= 4 is 38.4 Å². The Morgan fingerprint density at radius 1 is 0.957 bits per heavy atom. The Morgan fingerprint density at radius 3 is 2.30 bits per heavy atom. The number of hydrogen-bond acceptors (Lipinski definition) is 6. The number of amides is 2. The number of fused-ring (bicyclic) bond motifs is 1. The number of aryl methyl sites for hydroxylation is 1. The molecule has 1 heterocycles. The lowest BCUT2D eigenvalue weighted by Gasteiger charge is -2.28. The molecule has 1 unspecified atom stereocenters. The zero-order valence-electron chi connectivity index (χ0n) is 27.1. The first kappa shape index (κ1) is 34.1. The third-order valence-corrected chi connectivity index (χ3v) is 11.3. The molecule has 250 valence electrons. The number of benzene rings is 3. The van der Waals surface area contributed by atoms with Crippen LogP contribution in [0.1, 0.15) is 50.7 Å². The average Bonchev–Trinajstić information content (AvgIpc) is 3.44. The lowest BCUT2D eigenvalue weighted by atomic mass is 9.81. The summed E-state index contributed by atoms with van der Waals surface area (Å²) < 4.78 is 27.5. The molecule has 0 bridgehead atoms. The number of carbonyl (C=O) groups is 2. The Labute approximate surface area is 275 Å². The molecule has 1 atom stereocenters. The van der Waals surface area contributed by atoms with Crippen molar-refractivity contribution in [1.29, 1.82) is 0 Å². The number of hydrogen-bond donors (Lipinski definition) is 5. The van der Waals surface area contributed by atoms with E-state index in [1.807, 2.05) is 51.1 Å². The van der Waals surface area contributed by atoms with Gasteiger partial charge in [-0.2, -0.15) is 4.31 Å². The van der Waals surface area contributed by atoms with E-state index in [1.165, 1.54) is 4.31 Å². The molecular formula is C35H44N6O5S. The molecule has 1 fully saturated rings. The van der Waals surface area contributed by atoms with Gasteiger partial charge in [0, 0.05) is 31.1 Å². The van der Waals surface area contributed by atoms with Crippen LogP contribution in [0.15, 0.2) is 70.4 Å². The quantitative estimate of drug-likeness (QED) is 0.152. The first-order valence-electron chi connectivity index (χ1n) is 16.3. The number of nitrogens with zero attached hydrogens (tertiary/aromatic N) is 1. The van der Waals surface area contributed by atoms with Crippen LogP contribution in [0.5, 0.6) is 0 Å². The summed E-state index contributed by atoms with van der Waals surface area (Å²) in [6, 6.07) is 17.0. The summed E-state index contributed by atoms with van der Waals surface area (Å²) in [6.45, 7) is 6.95. The summed E-state index contributed by atoms with van der Waals surface area (Å²) in [7, 11) is -3.57. The van der Waals surface area contributed by atoms with Crippen LogP contribution in [-0.2, 0) is 26.0 Å². The molecule has 1 aromatic heterocycles. The van der Waals surface area contributed by atoms with Crippen molar-refractivity contribution in [2.75, 3.05) is 25.0 Å². The topological polar surface area (TPSA) is 170 Å². The normalized spacial score (nSPS) is 17.5. The predicted molar refractivity (Wildman–Crippen MR) is 184 cm³/mol. The molecule has 12 heteroatoms. The number of nitrogens with two attached hydrogens (primary N) is 1. The summed E-state index contributed by atoms with van der Waals surface area (Å²) in [5, 5.41) is 11.7. The van der Waals surface area contributed by atoms with E-state index in [-0.39, 0.29) is 34.6 Å². The van der Waals surface area contributed by atoms with E-state index >= 15 is 0 Å². The third-order valence-electron chi connectivity index (χ3n) is 9.27. The molecule has 6 N–H and O–H groups in total. The van der Waals surface area contributed by atoms with Gasteiger partial charge >= 0.3 is 0 Å². The molecule has 0 saturated heterocycles. The Kier molecular flexibility index (Phi) is 10.6. The second-order valence-electron chi connectivity index (χ2n) is 12.3. The van der Waals surface area contributed by atoms with E-state index in [0.29, 0.717) is 42.1 Å². The van der Waals surface area contributed by atoms with Crippen LogP contribution in [0.4, 0.5) is 5.69 Å². The highest BCUT2D eigenvalue weighted by Crippen LogP contribution is 2.30. The number of aromatic amines is 2. The number of aromatic nitrogens is 2. The first-order chi connectivity index (χ1) is 22.5. The highest BCUT2D eigenvalue weighted by molar-refractivity contribution is 7.89. The van der Waals surface area contributed by atoms with Crippen molar-refractivity contribution in [2.45, 2.75) is 63.8 Å². The monoisotopic (exact) mass is 660 g/mol. The summed E-state index contributed by atoms with van der Waals surface area (Å²) in [5.74, 6) is -0.250. The minimum atomic E-state index is -3.57. The van der Waals surface area contributed by atoms with E-state index in [0.717, 1.165) is 47.9 Å². The van der Waals surface area contributed by atoms with E-state index in [9.17, 15) is 22.8 Å². The minimum Gasteiger partial charge on any atom is -0.344 e. The molecule has 47 heavy (non-hydrogen) atoms. The van der Waals surface area contributed by atoms with Gasteiger partial charge in [-0.15, -0.1) is 0 Å². The second kappa shape index (κ2) is 14.7. The maximum Gasteiger partial charge on any atom is 0.271 e. The number of nitrogens with one attached hydrogen (secondary N) is 4. The van der Waals surface area contributed by atoms with Gasteiger partial charge < -0.3 is 16.4 Å². The summed E-state index contributed by atoms with van der Waals surface area (Å²) in [5.41, 5.74) is 10.2. The van der Waals surface area contributed by atoms with Gasteiger partial charge in [-0.3, -0.25) is 24.6 Å². The van der Waals surface area contributed by atoms with Gasteiger partial charge in [-0.1, -0.05) is 44.2 Å². The maximum absolute atomic E-state index is 13.6. The SMILES string of the molecule is CCN(CC)S(=O)(=O)c1ccc(-c2ccc(CC(NC(=O)C3CCC(CN)CC3)C(=O)Nc3ccc4c(=O)[nH][nH]c4c3)cc2)c(C)c1. The van der Waals surface area contributed by atoms with Gasteiger partial charge in [0.1, 0.15) is 6.04 Å². The predicted octanol–water partition coefficient (Wildman–Crippen LogP) is 4.29. The molecule has 2 amide bonds. The van der Waals surface area contributed by atoms with Gasteiger partial charge in [-0.25, -0.2) is 8.42 Å². The molecule has 0 spiro atoms. The lowest BCUT2D eigenvalue weighted by Crippen LogP contribution is -2.48. The highest BCUT2D eigenvalue weighted by Gasteiger charge is 2.29. The van der Waals surface area contributed by atoms with Crippen LogP contribution in [-0.4, -0.2) is 60.4 Å². The Morgan fingerprint density at radius 2 is 1.66 bits per heavy atom. The van der Waals surface area contributed by atoms with E-state index in [1.54, 1.807) is 30.3 Å². The van der Waals surface area contributed by atoms with Crippen LogP contribution in [0.3, 0.4) is 0 Å². The Bertz CT molecular complexity index is 1890. The fourth-order valence-corrected chi connectivity index (χ4v) is 7.94. The van der Waals surface area contributed by atoms with E-state index in [2.05, 4.69) is 20.8 Å². The molecule has 5 rings (SSSR count). The molecule has 1 saturated carbocycles. The molecule has 11 nitrogen and oxygen atoms in total. The van der Waals surface area contributed by atoms with Gasteiger partial charge in [-0.05, 0) is 97.7 Å². The number of H-pyrrole nitrogens is 2. The number of carbonyl (C=O) groups excluding carboxylic acids is 2. The van der Waals surface area contributed by atoms with E-state index < -0.39 is 16.1 Å². The summed E-state index contributed by atoms with van der Waals surface area (Å²) in [6.07, 6.45) is 3.53. The third kappa shape index (κ3) is 7.66. The minimum absolute atomic E-state index is 0.141. The standard InChI is InChI=1S/C35H44N6O5S/c1-4-41(5-2)47(45,46)28-15-17-29(22(3)18-28)25-10-6-23(7-11-25)19-32(38-33(42)26-12-8-24(21-36)9-13-26)35(44)37-27-14-16-30-31(20-27)39-40-34(30)43/h6-7,10-11,14-18,20,24,26,32H,4-5,8-9,12-13,19,21,36H2,1-3H3,(H,37,44)(H,38,42)(H2,39,40,43). The van der Waals surface area contributed by atoms with Crippen molar-refractivity contribution in [3.63, 3.8) is 0 Å². The molecule has 0 aliphatic heterocycles. The number of sulfonamides is 1. The Hall–Kier alpha value is -4.26. The van der Waals surface area contributed by atoms with Gasteiger partial charge in [0.2, 0.25) is 21.8 Å². The average molecular weight is 661 g/mol. The highest BCUT2D eigenvalue weighted by atomic mass is 32.2. The van der Waals surface area contributed by atoms with Gasteiger partial charge in [0.25, 0.3) is 5.56 Å². The van der Waals surface area contributed by atoms with E-state index in [4.69, 9.17) is 5.73 Å². The fourth-order valence-electron chi connectivity index (χ4n) is 6.39. The molecule has 1 aliphatic carbocycles. The maximum atomic E-state index is 13.6. The first-order valence-corrected chi connectivity index (χ1v) is 17.7. The van der Waals surface area contributed by atoms with Gasteiger partial charge in [0.15, 0.2) is 0 Å². The fraction of sp³-hybridized carbons (Fsp3) is 0.400. The molecule has 4 aromatic rings. The lowest BCUT2D eigenvalue weighted by molar-refractivity contribution is -0.130. The van der Waals surface area contributed by atoms with Crippen LogP contribution >= 0.6 is 0 Å². The van der Waals surface area contributed by atoms with Crippen LogP contribution in [0, 0.1) is 18.8 Å². The van der Waals surface area contributed by atoms with Crippen LogP contribution < -0.4 is 21.9 Å². The summed E-state index contributed by atoms with van der Waals surface area (Å²) in [4.78, 5) is 39.2. The van der Waals surface area contributed by atoms with Crippen LogP contribution in [0.25, 0.3) is 22.0 Å². The Balaban J connectivity index is 1.34. The largest absolute Gasteiger partial charge is 0.344 e. The van der Waals surface area contributed by atoms with Gasteiger partial charge in [0.05, 0.1) is 15.8 Å². The van der Waals surface area contributed by atoms with Crippen molar-refractivity contribution in [2.24, 2.45) is 17.6 Å². The van der Waals surface area contributed by atoms with Crippen molar-refractivity contribution in [3.8, 4) is 11.1 Å². The number of rotatable bonds is 12. The molecule has 1 aliphatic rings. The second-order valence-corrected chi connectivity index (χ2v) is 14.2. The molecule has 0 radical (unpaired) electrons. The zero-order chi connectivity index (χ0) is 33.7. The van der Waals surface area contributed by atoms with Crippen molar-refractivity contribution < 1.29 is 18.0 Å². The molecular weight excluding hydrogens is 616 g/mol.